The summed E-state index contributed by atoms with van der Waals surface area (Å²) in [5, 5.41) is 0. The summed E-state index contributed by atoms with van der Waals surface area (Å²) in [6, 6.07) is 0. The molecular weight excluding hydrogens is 296 g/mol. The standard InChI is InChI=1S/C22H30O2/c1-13-11-20-17(19-8-7-18(14(2)23)22(13,19)4)6-5-15-12-16(24)9-10-21(15,20)3/h12,17-20H,1,5-11H2,2-4H3/t17-,18+,19-,20-,21-,22+/m0/s1. The van der Waals surface area contributed by atoms with E-state index in [4.69, 9.17) is 0 Å². The Hall–Kier alpha value is -1.18. The van der Waals surface area contributed by atoms with Crippen molar-refractivity contribution in [1.29, 1.82) is 0 Å². The lowest BCUT2D eigenvalue weighted by atomic mass is 9.45. The molecule has 4 rings (SSSR count). The molecule has 0 N–H and O–H groups in total. The fourth-order valence-corrected chi connectivity index (χ4v) is 7.09. The van der Waals surface area contributed by atoms with Crippen LogP contribution in [0.25, 0.3) is 0 Å². The fourth-order valence-electron chi connectivity index (χ4n) is 7.09. The first-order chi connectivity index (χ1) is 11.3. The first kappa shape index (κ1) is 16.3. The maximum atomic E-state index is 12.3. The minimum Gasteiger partial charge on any atom is -0.300 e. The third-order valence-corrected chi connectivity index (χ3v) is 8.54. The molecule has 130 valence electrons. The van der Waals surface area contributed by atoms with Crippen LogP contribution < -0.4 is 0 Å². The highest BCUT2D eigenvalue weighted by molar-refractivity contribution is 5.91. The van der Waals surface area contributed by atoms with Crippen LogP contribution in [0.15, 0.2) is 23.8 Å². The molecule has 3 fully saturated rings. The van der Waals surface area contributed by atoms with Gasteiger partial charge < -0.3 is 0 Å². The second-order valence-electron chi connectivity index (χ2n) is 9.30. The van der Waals surface area contributed by atoms with Crippen LogP contribution in [0, 0.1) is 34.5 Å². The molecule has 4 aliphatic rings. The molecule has 24 heavy (non-hydrogen) atoms. The Balaban J connectivity index is 1.73. The molecule has 0 spiro atoms. The van der Waals surface area contributed by atoms with Crippen LogP contribution in [0.5, 0.6) is 0 Å². The molecule has 0 aliphatic heterocycles. The van der Waals surface area contributed by atoms with E-state index in [2.05, 4.69) is 20.4 Å². The van der Waals surface area contributed by atoms with Crippen LogP contribution in [0.3, 0.4) is 0 Å². The van der Waals surface area contributed by atoms with E-state index in [-0.39, 0.29) is 16.7 Å². The molecule has 0 saturated heterocycles. The highest BCUT2D eigenvalue weighted by Crippen LogP contribution is 2.67. The third-order valence-electron chi connectivity index (χ3n) is 8.54. The van der Waals surface area contributed by atoms with Gasteiger partial charge >= 0.3 is 0 Å². The monoisotopic (exact) mass is 326 g/mol. The number of hydrogen-bond donors (Lipinski definition) is 0. The number of Topliss-reactive ketones (excluding diaryl/α,β-unsaturated/α-hetero) is 1. The lowest BCUT2D eigenvalue weighted by molar-refractivity contribution is -0.125. The van der Waals surface area contributed by atoms with Gasteiger partial charge in [-0.2, -0.15) is 0 Å². The first-order valence-electron chi connectivity index (χ1n) is 9.71. The quantitative estimate of drug-likeness (QED) is 0.643. The van der Waals surface area contributed by atoms with Gasteiger partial charge in [0.15, 0.2) is 5.78 Å². The van der Waals surface area contributed by atoms with Crippen LogP contribution in [0.4, 0.5) is 0 Å². The first-order valence-corrected chi connectivity index (χ1v) is 9.71. The van der Waals surface area contributed by atoms with Crippen molar-refractivity contribution in [3.63, 3.8) is 0 Å². The van der Waals surface area contributed by atoms with Crippen molar-refractivity contribution in [2.75, 3.05) is 0 Å². The topological polar surface area (TPSA) is 34.1 Å². The number of ketones is 2. The maximum Gasteiger partial charge on any atom is 0.155 e. The maximum absolute atomic E-state index is 12.3. The summed E-state index contributed by atoms with van der Waals surface area (Å²) in [5.41, 5.74) is 2.90. The normalized spacial score (nSPS) is 47.5. The van der Waals surface area contributed by atoms with Crippen molar-refractivity contribution >= 4 is 11.6 Å². The van der Waals surface area contributed by atoms with Crippen molar-refractivity contribution in [1.82, 2.24) is 0 Å². The second kappa shape index (κ2) is 5.16. The summed E-state index contributed by atoms with van der Waals surface area (Å²) in [4.78, 5) is 24.2. The Morgan fingerprint density at radius 3 is 2.62 bits per heavy atom. The van der Waals surface area contributed by atoms with E-state index in [1.54, 1.807) is 6.92 Å². The van der Waals surface area contributed by atoms with Gasteiger partial charge in [-0.1, -0.05) is 31.6 Å². The van der Waals surface area contributed by atoms with Crippen LogP contribution in [-0.4, -0.2) is 11.6 Å². The van der Waals surface area contributed by atoms with E-state index in [1.165, 1.54) is 24.0 Å². The lowest BCUT2D eigenvalue weighted by Crippen LogP contribution is -2.51. The van der Waals surface area contributed by atoms with Gasteiger partial charge in [0.25, 0.3) is 0 Å². The van der Waals surface area contributed by atoms with Gasteiger partial charge in [0, 0.05) is 17.8 Å². The predicted octanol–water partition coefficient (Wildman–Crippen LogP) is 4.89. The van der Waals surface area contributed by atoms with E-state index in [9.17, 15) is 9.59 Å². The van der Waals surface area contributed by atoms with Crippen molar-refractivity contribution in [2.24, 2.45) is 34.5 Å². The van der Waals surface area contributed by atoms with Gasteiger partial charge in [-0.15, -0.1) is 0 Å². The minimum atomic E-state index is 0.00899. The number of fused-ring (bicyclic) bond motifs is 5. The average molecular weight is 326 g/mol. The van der Waals surface area contributed by atoms with Crippen LogP contribution >= 0.6 is 0 Å². The molecule has 0 radical (unpaired) electrons. The molecule has 0 amide bonds. The summed E-state index contributed by atoms with van der Waals surface area (Å²) in [7, 11) is 0. The number of carbonyl (C=O) groups excluding carboxylic acids is 2. The molecule has 0 unspecified atom stereocenters. The summed E-state index contributed by atoms with van der Waals surface area (Å²) < 4.78 is 0. The molecule has 4 aliphatic carbocycles. The summed E-state index contributed by atoms with van der Waals surface area (Å²) in [5.74, 6) is 2.76. The Kier molecular flexibility index (Phi) is 3.50. The Morgan fingerprint density at radius 1 is 1.17 bits per heavy atom. The second-order valence-corrected chi connectivity index (χ2v) is 9.30. The van der Waals surface area contributed by atoms with Gasteiger partial charge in [0.1, 0.15) is 5.78 Å². The van der Waals surface area contributed by atoms with Crippen molar-refractivity contribution < 1.29 is 9.59 Å². The van der Waals surface area contributed by atoms with Crippen molar-refractivity contribution in [2.45, 2.75) is 65.7 Å². The molecule has 0 aromatic carbocycles. The molecule has 0 heterocycles. The zero-order chi connectivity index (χ0) is 17.3. The van der Waals surface area contributed by atoms with Gasteiger partial charge in [-0.05, 0) is 74.7 Å². The van der Waals surface area contributed by atoms with E-state index in [0.717, 1.165) is 25.7 Å². The Labute approximate surface area is 145 Å². The van der Waals surface area contributed by atoms with Crippen molar-refractivity contribution in [3.8, 4) is 0 Å². The fraction of sp³-hybridized carbons (Fsp3) is 0.727. The Morgan fingerprint density at radius 2 is 1.92 bits per heavy atom. The number of rotatable bonds is 1. The van der Waals surface area contributed by atoms with Gasteiger partial charge in [0.05, 0.1) is 0 Å². The van der Waals surface area contributed by atoms with Gasteiger partial charge in [-0.25, -0.2) is 0 Å². The lowest BCUT2D eigenvalue weighted by Gasteiger charge is -2.58. The Bertz CT molecular complexity index is 657. The molecule has 0 aromatic heterocycles. The summed E-state index contributed by atoms with van der Waals surface area (Å²) in [6.07, 6.45) is 9.20. The largest absolute Gasteiger partial charge is 0.300 e. The van der Waals surface area contributed by atoms with Crippen molar-refractivity contribution in [3.05, 3.63) is 23.8 Å². The smallest absolute Gasteiger partial charge is 0.155 e. The molecule has 6 atom stereocenters. The molecule has 0 aromatic rings. The molecular formula is C22H30O2. The average Bonchev–Trinajstić information content (AvgIpc) is 2.88. The minimum absolute atomic E-state index is 0.00899. The molecule has 2 heteroatoms. The summed E-state index contributed by atoms with van der Waals surface area (Å²) >= 11 is 0. The predicted molar refractivity (Wildman–Crippen MR) is 95.4 cm³/mol. The number of allylic oxidation sites excluding steroid dienone is 2. The van der Waals surface area contributed by atoms with E-state index in [1.807, 2.05) is 6.08 Å². The summed E-state index contributed by atoms with van der Waals surface area (Å²) in [6.45, 7) is 11.0. The third kappa shape index (κ3) is 1.95. The molecule has 0 bridgehead atoms. The number of hydrogen-bond acceptors (Lipinski definition) is 2. The van der Waals surface area contributed by atoms with E-state index < -0.39 is 0 Å². The van der Waals surface area contributed by atoms with Crippen LogP contribution in [0.1, 0.15) is 65.7 Å². The number of carbonyl (C=O) groups is 2. The molecule has 3 saturated carbocycles. The zero-order valence-corrected chi connectivity index (χ0v) is 15.4. The van der Waals surface area contributed by atoms with E-state index in [0.29, 0.717) is 35.7 Å². The zero-order valence-electron chi connectivity index (χ0n) is 15.4. The molecule has 2 nitrogen and oxygen atoms in total. The van der Waals surface area contributed by atoms with Gasteiger partial charge in [-0.3, -0.25) is 9.59 Å². The van der Waals surface area contributed by atoms with E-state index >= 15 is 0 Å². The highest BCUT2D eigenvalue weighted by atomic mass is 16.1. The van der Waals surface area contributed by atoms with Crippen LogP contribution in [0.2, 0.25) is 0 Å². The van der Waals surface area contributed by atoms with Crippen LogP contribution in [-0.2, 0) is 9.59 Å². The van der Waals surface area contributed by atoms with Gasteiger partial charge in [0.2, 0.25) is 0 Å². The highest BCUT2D eigenvalue weighted by Gasteiger charge is 2.61. The SMILES string of the molecule is C=C1C[C@H]2[C@@H](CCC3=CC(=O)CC[C@@]32C)[C@@H]2CC[C@H](C(C)=O)[C@@]12C.